The Hall–Kier alpha value is -2.73. The van der Waals surface area contributed by atoms with E-state index in [4.69, 9.17) is 10.5 Å². The third-order valence-corrected chi connectivity index (χ3v) is 4.98. The smallest absolute Gasteiger partial charge is 0.269 e. The lowest BCUT2D eigenvalue weighted by Gasteiger charge is -2.18. The average Bonchev–Trinajstić information content (AvgIpc) is 3.01. The van der Waals surface area contributed by atoms with Gasteiger partial charge < -0.3 is 15.6 Å². The van der Waals surface area contributed by atoms with E-state index in [1.165, 1.54) is 0 Å². The highest BCUT2D eigenvalue weighted by molar-refractivity contribution is 5.92. The zero-order valence-electron chi connectivity index (χ0n) is 17.1. The van der Waals surface area contributed by atoms with Gasteiger partial charge >= 0.3 is 0 Å². The minimum atomic E-state index is -1.21. The normalized spacial score (nSPS) is 20.0. The van der Waals surface area contributed by atoms with Crippen molar-refractivity contribution in [2.75, 3.05) is 26.9 Å². The first-order valence-corrected chi connectivity index (χ1v) is 9.75. The van der Waals surface area contributed by atoms with Crippen LogP contribution >= 0.6 is 0 Å². The first-order valence-electron chi connectivity index (χ1n) is 9.75. The summed E-state index contributed by atoms with van der Waals surface area (Å²) in [5.74, 6) is 5.34. The number of carbonyl (C=O) groups excluding carboxylic acids is 1. The molecule has 1 saturated heterocycles. The topological polar surface area (TPSA) is 107 Å². The summed E-state index contributed by atoms with van der Waals surface area (Å²) in [5.41, 5.74) is 7.64. The van der Waals surface area contributed by atoms with Gasteiger partial charge in [0.15, 0.2) is 5.69 Å². The molecular weight excluding hydrogens is 370 g/mol. The zero-order chi connectivity index (χ0) is 21.0. The Labute approximate surface area is 170 Å². The van der Waals surface area contributed by atoms with Gasteiger partial charge in [0, 0.05) is 30.4 Å². The highest BCUT2D eigenvalue weighted by Gasteiger charge is 2.28. The van der Waals surface area contributed by atoms with Crippen molar-refractivity contribution in [3.8, 4) is 17.5 Å². The number of hydrogen-bond acceptors (Lipinski definition) is 6. The van der Waals surface area contributed by atoms with E-state index in [0.29, 0.717) is 43.9 Å². The number of nitrogens with two attached hydrogens (primary N) is 1. The van der Waals surface area contributed by atoms with Crippen molar-refractivity contribution >= 4 is 5.91 Å². The number of carbonyl (C=O) groups is 1. The fraction of sp³-hybridized carbons (Fsp3) is 0.476. The summed E-state index contributed by atoms with van der Waals surface area (Å²) >= 11 is 0. The van der Waals surface area contributed by atoms with E-state index in [0.717, 1.165) is 16.9 Å². The van der Waals surface area contributed by atoms with Crippen molar-refractivity contribution in [1.29, 1.82) is 0 Å². The monoisotopic (exact) mass is 397 g/mol. The van der Waals surface area contributed by atoms with Crippen LogP contribution in [0.3, 0.4) is 0 Å². The number of aliphatic hydroxyl groups is 1. The predicted octanol–water partition coefficient (Wildman–Crippen LogP) is 0.883. The molecule has 0 bridgehead atoms. The lowest BCUT2D eigenvalue weighted by atomic mass is 10.0. The van der Waals surface area contributed by atoms with Gasteiger partial charge in [0.2, 0.25) is 0 Å². The molecule has 1 aliphatic rings. The Balaban J connectivity index is 1.95. The van der Waals surface area contributed by atoms with Crippen LogP contribution in [0.15, 0.2) is 18.3 Å². The fourth-order valence-corrected chi connectivity index (χ4v) is 3.41. The molecule has 0 radical (unpaired) electrons. The molecule has 8 heteroatoms. The summed E-state index contributed by atoms with van der Waals surface area (Å²) in [6, 6.07) is 3.59. The van der Waals surface area contributed by atoms with E-state index < -0.39 is 11.5 Å². The maximum Gasteiger partial charge on any atom is 0.269 e. The van der Waals surface area contributed by atoms with E-state index in [2.05, 4.69) is 21.9 Å². The van der Waals surface area contributed by atoms with Gasteiger partial charge in [-0.25, -0.2) is 9.67 Å². The number of ether oxygens (including phenoxy) is 1. The predicted molar refractivity (Wildman–Crippen MR) is 109 cm³/mol. The van der Waals surface area contributed by atoms with Crippen LogP contribution in [0.1, 0.15) is 47.7 Å². The Morgan fingerprint density at radius 2 is 2.21 bits per heavy atom. The van der Waals surface area contributed by atoms with Crippen molar-refractivity contribution in [2.24, 2.45) is 5.73 Å². The molecule has 2 aromatic rings. The molecule has 2 aromatic heterocycles. The summed E-state index contributed by atoms with van der Waals surface area (Å²) in [6.07, 6.45) is 3.51. The maximum atomic E-state index is 11.8. The molecule has 3 heterocycles. The van der Waals surface area contributed by atoms with Crippen LogP contribution in [-0.4, -0.2) is 63.2 Å². The van der Waals surface area contributed by atoms with Crippen LogP contribution in [-0.2, 0) is 17.6 Å². The molecular formula is C21H27N5O3. The molecule has 1 unspecified atom stereocenters. The summed E-state index contributed by atoms with van der Waals surface area (Å²) in [6.45, 7) is 5.31. The first kappa shape index (κ1) is 21.0. The van der Waals surface area contributed by atoms with Crippen molar-refractivity contribution in [2.45, 2.75) is 38.7 Å². The molecule has 1 aliphatic heterocycles. The molecule has 0 aromatic carbocycles. The molecule has 1 atom stereocenters. The molecule has 0 saturated carbocycles. The Morgan fingerprint density at radius 3 is 2.90 bits per heavy atom. The van der Waals surface area contributed by atoms with Gasteiger partial charge in [-0.3, -0.25) is 9.69 Å². The van der Waals surface area contributed by atoms with Gasteiger partial charge in [0.25, 0.3) is 5.91 Å². The molecule has 0 spiro atoms. The van der Waals surface area contributed by atoms with Crippen molar-refractivity contribution < 1.29 is 14.6 Å². The van der Waals surface area contributed by atoms with E-state index in [1.54, 1.807) is 23.0 Å². The summed E-state index contributed by atoms with van der Waals surface area (Å²) < 4.78 is 7.21. The summed E-state index contributed by atoms with van der Waals surface area (Å²) in [7, 11) is 1.94. The minimum absolute atomic E-state index is 0.158. The first-order chi connectivity index (χ1) is 13.9. The molecule has 3 rings (SSSR count). The van der Waals surface area contributed by atoms with Crippen LogP contribution in [0.4, 0.5) is 0 Å². The van der Waals surface area contributed by atoms with Gasteiger partial charge in [0.05, 0.1) is 19.0 Å². The lowest BCUT2D eigenvalue weighted by molar-refractivity contribution is -0.00897. The molecule has 154 valence electrons. The van der Waals surface area contributed by atoms with E-state index >= 15 is 0 Å². The van der Waals surface area contributed by atoms with Gasteiger partial charge in [-0.2, -0.15) is 5.10 Å². The second-order valence-electron chi connectivity index (χ2n) is 7.25. The summed E-state index contributed by atoms with van der Waals surface area (Å²) in [4.78, 5) is 18.1. The van der Waals surface area contributed by atoms with Crippen molar-refractivity contribution in [3.63, 3.8) is 0 Å². The second-order valence-corrected chi connectivity index (χ2v) is 7.25. The van der Waals surface area contributed by atoms with E-state index in [9.17, 15) is 9.90 Å². The lowest BCUT2D eigenvalue weighted by Crippen LogP contribution is -2.32. The van der Waals surface area contributed by atoms with Gasteiger partial charge in [-0.05, 0) is 37.9 Å². The van der Waals surface area contributed by atoms with Crippen LogP contribution in [0.5, 0.6) is 0 Å². The van der Waals surface area contributed by atoms with E-state index in [1.807, 2.05) is 25.8 Å². The number of amides is 1. The third-order valence-electron chi connectivity index (χ3n) is 4.98. The van der Waals surface area contributed by atoms with Gasteiger partial charge in [-0.15, -0.1) is 0 Å². The summed E-state index contributed by atoms with van der Waals surface area (Å²) in [5, 5.41) is 15.1. The van der Waals surface area contributed by atoms with Gasteiger partial charge in [-0.1, -0.05) is 19.8 Å². The average molecular weight is 397 g/mol. The Kier molecular flexibility index (Phi) is 6.33. The Bertz CT molecular complexity index is 959. The maximum absolute atomic E-state index is 11.8. The molecule has 1 amide bonds. The van der Waals surface area contributed by atoms with Crippen LogP contribution in [0, 0.1) is 11.8 Å². The molecule has 8 nitrogen and oxygen atoms in total. The van der Waals surface area contributed by atoms with E-state index in [-0.39, 0.29) is 6.61 Å². The number of rotatable bonds is 4. The number of pyridine rings is 1. The van der Waals surface area contributed by atoms with Crippen molar-refractivity contribution in [1.82, 2.24) is 19.7 Å². The standard InChI is InChI=1S/C21H27N5O3/c1-4-17-18(5-2)26(24-19(17)20(22)27)16-7-10-23-15(12-16)6-8-21(28)9-11-25(3)14-29-13-21/h7,10,12,28H,4-5,9,11,13-14H2,1-3H3,(H2,22,27). The third kappa shape index (κ3) is 4.65. The number of hydrogen-bond donors (Lipinski definition) is 2. The Morgan fingerprint density at radius 1 is 1.41 bits per heavy atom. The minimum Gasteiger partial charge on any atom is -0.375 e. The highest BCUT2D eigenvalue weighted by Crippen LogP contribution is 2.21. The fourth-order valence-electron chi connectivity index (χ4n) is 3.41. The number of nitrogens with zero attached hydrogens (tertiary/aromatic N) is 4. The van der Waals surface area contributed by atoms with Crippen LogP contribution in [0.2, 0.25) is 0 Å². The number of primary amides is 1. The quantitative estimate of drug-likeness (QED) is 0.742. The molecule has 1 fully saturated rings. The van der Waals surface area contributed by atoms with Crippen molar-refractivity contribution in [3.05, 3.63) is 41.0 Å². The van der Waals surface area contributed by atoms with Crippen LogP contribution < -0.4 is 5.73 Å². The highest BCUT2D eigenvalue weighted by atomic mass is 16.5. The SMILES string of the molecule is CCc1c(C(N)=O)nn(-c2ccnc(C#CC3(O)CCN(C)COC3)c2)c1CC. The van der Waals surface area contributed by atoms with Crippen LogP contribution in [0.25, 0.3) is 5.69 Å². The van der Waals surface area contributed by atoms with Gasteiger partial charge in [0.1, 0.15) is 11.3 Å². The second kappa shape index (κ2) is 8.74. The molecule has 3 N–H and O–H groups in total. The molecule has 29 heavy (non-hydrogen) atoms. The zero-order valence-corrected chi connectivity index (χ0v) is 17.1. The number of aromatic nitrogens is 3. The molecule has 0 aliphatic carbocycles. The largest absolute Gasteiger partial charge is 0.375 e.